The van der Waals surface area contributed by atoms with Crippen molar-refractivity contribution in [2.24, 2.45) is 0 Å². The van der Waals surface area contributed by atoms with Gasteiger partial charge in [-0.05, 0) is 25.0 Å². The van der Waals surface area contributed by atoms with Crippen LogP contribution < -0.4 is 5.32 Å². The highest BCUT2D eigenvalue weighted by Crippen LogP contribution is 2.25. The van der Waals surface area contributed by atoms with Crippen molar-refractivity contribution in [1.82, 2.24) is 10.3 Å². The highest BCUT2D eigenvalue weighted by atomic mass is 16.1. The lowest BCUT2D eigenvalue weighted by atomic mass is 10.0. The van der Waals surface area contributed by atoms with Crippen LogP contribution in [0.5, 0.6) is 0 Å². The van der Waals surface area contributed by atoms with Gasteiger partial charge in [-0.3, -0.25) is 9.78 Å². The van der Waals surface area contributed by atoms with Crippen LogP contribution in [-0.4, -0.2) is 10.9 Å². The minimum absolute atomic E-state index is 0.183. The van der Waals surface area contributed by atoms with E-state index in [4.69, 9.17) is 0 Å². The molecule has 15 heavy (non-hydrogen) atoms. The largest absolute Gasteiger partial charge is 0.270 e. The lowest BCUT2D eigenvalue weighted by molar-refractivity contribution is -0.115. The van der Waals surface area contributed by atoms with E-state index in [1.807, 2.05) is 12.1 Å². The van der Waals surface area contributed by atoms with Crippen LogP contribution in [0.3, 0.4) is 0 Å². The maximum Gasteiger partial charge on any atom is 0.270 e. The lowest BCUT2D eigenvalue weighted by Gasteiger charge is -2.14. The second kappa shape index (κ2) is 3.85. The molecule has 0 atom stereocenters. The molecule has 0 aromatic carbocycles. The lowest BCUT2D eigenvalue weighted by Crippen LogP contribution is -2.14. The Balaban J connectivity index is 2.56. The summed E-state index contributed by atoms with van der Waals surface area (Å²) in [7, 11) is 0. The van der Waals surface area contributed by atoms with E-state index in [2.05, 4.69) is 24.1 Å². The van der Waals surface area contributed by atoms with Gasteiger partial charge in [0.2, 0.25) is 0 Å². The summed E-state index contributed by atoms with van der Waals surface area (Å²) in [5.74, 6) is -0.183. The Morgan fingerprint density at radius 1 is 1.20 bits per heavy atom. The van der Waals surface area contributed by atoms with Crippen molar-refractivity contribution in [3.63, 3.8) is 0 Å². The minimum Gasteiger partial charge on any atom is -0.267 e. The fraction of sp³-hybridized carbons (Fsp3) is 0.333. The third-order valence-electron chi connectivity index (χ3n) is 2.49. The monoisotopic (exact) mass is 201 g/mol. The number of aromatic nitrogens is 1. The standard InChI is InChI=1S/C12H13N2O/c1-3-8-7-11-9(10(4-2)13-8)5-6-12(15)14-11/h5-7H,3-4H2,1-2H3. The number of carbonyl (C=O) groups is 1. The number of pyridine rings is 1. The van der Waals surface area contributed by atoms with Gasteiger partial charge in [-0.25, -0.2) is 5.32 Å². The summed E-state index contributed by atoms with van der Waals surface area (Å²) in [6, 6.07) is 1.90. The predicted octanol–water partition coefficient (Wildman–Crippen LogP) is 2.00. The van der Waals surface area contributed by atoms with Crippen LogP contribution in [0.1, 0.15) is 30.8 Å². The number of nitrogens with zero attached hydrogens (tertiary/aromatic N) is 2. The van der Waals surface area contributed by atoms with Gasteiger partial charge in [0.15, 0.2) is 0 Å². The van der Waals surface area contributed by atoms with Crippen molar-refractivity contribution < 1.29 is 4.79 Å². The normalized spacial score (nSPS) is 13.6. The Hall–Kier alpha value is -1.64. The minimum atomic E-state index is -0.183. The van der Waals surface area contributed by atoms with Gasteiger partial charge in [0.25, 0.3) is 5.91 Å². The van der Waals surface area contributed by atoms with Gasteiger partial charge < -0.3 is 0 Å². The van der Waals surface area contributed by atoms with Crippen LogP contribution in [0.2, 0.25) is 0 Å². The second-order valence-corrected chi connectivity index (χ2v) is 3.48. The molecule has 0 unspecified atom stereocenters. The fourth-order valence-corrected chi connectivity index (χ4v) is 1.68. The number of aryl methyl sites for hydroxylation is 2. The molecule has 0 N–H and O–H groups in total. The smallest absolute Gasteiger partial charge is 0.267 e. The van der Waals surface area contributed by atoms with Crippen molar-refractivity contribution in [3.05, 3.63) is 29.1 Å². The van der Waals surface area contributed by atoms with E-state index >= 15 is 0 Å². The van der Waals surface area contributed by atoms with Gasteiger partial charge in [-0.2, -0.15) is 0 Å². The van der Waals surface area contributed by atoms with E-state index in [-0.39, 0.29) is 5.91 Å². The van der Waals surface area contributed by atoms with Crippen LogP contribution >= 0.6 is 0 Å². The molecule has 1 amide bonds. The van der Waals surface area contributed by atoms with Crippen molar-refractivity contribution in [3.8, 4) is 0 Å². The summed E-state index contributed by atoms with van der Waals surface area (Å²) in [6.07, 6.45) is 5.04. The van der Waals surface area contributed by atoms with Crippen LogP contribution in [0.15, 0.2) is 12.1 Å². The molecule has 0 spiro atoms. The Labute approximate surface area is 89.2 Å². The number of hydrogen-bond donors (Lipinski definition) is 0. The average Bonchev–Trinajstić information content (AvgIpc) is 2.26. The van der Waals surface area contributed by atoms with Gasteiger partial charge >= 0.3 is 0 Å². The molecule has 1 aromatic heterocycles. The van der Waals surface area contributed by atoms with Gasteiger partial charge in [-0.1, -0.05) is 13.8 Å². The molecule has 1 radical (unpaired) electrons. The molecule has 1 aliphatic heterocycles. The highest BCUT2D eigenvalue weighted by molar-refractivity contribution is 5.99. The predicted molar refractivity (Wildman–Crippen MR) is 58.8 cm³/mol. The zero-order chi connectivity index (χ0) is 10.8. The zero-order valence-electron chi connectivity index (χ0n) is 8.95. The van der Waals surface area contributed by atoms with Gasteiger partial charge in [0, 0.05) is 23.0 Å². The fourth-order valence-electron chi connectivity index (χ4n) is 1.68. The van der Waals surface area contributed by atoms with E-state index in [1.54, 1.807) is 0 Å². The third kappa shape index (κ3) is 1.77. The molecule has 1 aliphatic rings. The molecule has 77 valence electrons. The Morgan fingerprint density at radius 2 is 2.00 bits per heavy atom. The molecule has 2 heterocycles. The van der Waals surface area contributed by atoms with Gasteiger partial charge in [0.1, 0.15) is 0 Å². The van der Waals surface area contributed by atoms with Gasteiger partial charge in [-0.15, -0.1) is 0 Å². The molecule has 0 fully saturated rings. The van der Waals surface area contributed by atoms with Crippen molar-refractivity contribution in [1.29, 1.82) is 0 Å². The number of rotatable bonds is 2. The van der Waals surface area contributed by atoms with Crippen LogP contribution in [0.25, 0.3) is 6.08 Å². The Kier molecular flexibility index (Phi) is 2.54. The van der Waals surface area contributed by atoms with Crippen molar-refractivity contribution >= 4 is 17.7 Å². The van der Waals surface area contributed by atoms with E-state index in [0.717, 1.165) is 35.5 Å². The van der Waals surface area contributed by atoms with Gasteiger partial charge in [0.05, 0.1) is 5.69 Å². The average molecular weight is 201 g/mol. The number of hydrogen-bond acceptors (Lipinski definition) is 2. The van der Waals surface area contributed by atoms with E-state index < -0.39 is 0 Å². The molecule has 0 saturated carbocycles. The van der Waals surface area contributed by atoms with E-state index in [1.165, 1.54) is 6.08 Å². The highest BCUT2D eigenvalue weighted by Gasteiger charge is 2.15. The summed E-state index contributed by atoms with van der Waals surface area (Å²) in [4.78, 5) is 15.7. The van der Waals surface area contributed by atoms with E-state index in [0.29, 0.717) is 0 Å². The van der Waals surface area contributed by atoms with Crippen molar-refractivity contribution in [2.45, 2.75) is 26.7 Å². The summed E-state index contributed by atoms with van der Waals surface area (Å²) < 4.78 is 0. The number of amides is 1. The number of fused-ring (bicyclic) bond motifs is 1. The first-order chi connectivity index (χ1) is 7.24. The molecule has 0 saturated heterocycles. The first kappa shape index (κ1) is 9.90. The molecule has 1 aromatic rings. The summed E-state index contributed by atoms with van der Waals surface area (Å²) in [6.45, 7) is 4.11. The topological polar surface area (TPSA) is 44.1 Å². The molecule has 2 rings (SSSR count). The zero-order valence-corrected chi connectivity index (χ0v) is 8.95. The first-order valence-electron chi connectivity index (χ1n) is 5.21. The molecule has 3 heteroatoms. The van der Waals surface area contributed by atoms with E-state index in [9.17, 15) is 4.79 Å². The third-order valence-corrected chi connectivity index (χ3v) is 2.49. The van der Waals surface area contributed by atoms with Crippen molar-refractivity contribution in [2.75, 3.05) is 0 Å². The molecular formula is C12H13N2O. The van der Waals surface area contributed by atoms with Crippen LogP contribution in [-0.2, 0) is 17.6 Å². The Bertz CT molecular complexity index is 435. The SMILES string of the molecule is CCc1cc2c(c(CC)n1)C=CC(=O)[N]2. The van der Waals surface area contributed by atoms with Crippen LogP contribution in [0.4, 0.5) is 5.69 Å². The molecule has 0 bridgehead atoms. The maximum absolute atomic E-state index is 11.2. The molecule has 3 nitrogen and oxygen atoms in total. The summed E-state index contributed by atoms with van der Waals surface area (Å²) in [5.41, 5.74) is 3.79. The quantitative estimate of drug-likeness (QED) is 0.734. The molecule has 0 aliphatic carbocycles. The summed E-state index contributed by atoms with van der Waals surface area (Å²) in [5, 5.41) is 4.00. The second-order valence-electron chi connectivity index (χ2n) is 3.48. The Morgan fingerprint density at radius 3 is 2.67 bits per heavy atom. The molecular weight excluding hydrogens is 188 g/mol. The number of carbonyl (C=O) groups excluding carboxylic acids is 1. The van der Waals surface area contributed by atoms with Crippen LogP contribution in [0, 0.1) is 0 Å². The maximum atomic E-state index is 11.2. The summed E-state index contributed by atoms with van der Waals surface area (Å²) >= 11 is 0. The first-order valence-corrected chi connectivity index (χ1v) is 5.21.